The number of pyridine rings is 1. The minimum absolute atomic E-state index is 0.00154. The second-order valence-corrected chi connectivity index (χ2v) is 9.44. The number of tetrazole rings is 1. The van der Waals surface area contributed by atoms with Gasteiger partial charge in [0.15, 0.2) is 0 Å². The number of likely N-dealkylation sites (N-methyl/N-ethyl adjacent to an activating group) is 1. The number of aliphatic hydroxyl groups is 1. The Morgan fingerprint density at radius 2 is 2.08 bits per heavy atom. The Morgan fingerprint density at radius 3 is 2.78 bits per heavy atom. The molecule has 0 saturated carbocycles. The van der Waals surface area contributed by atoms with Gasteiger partial charge >= 0.3 is 0 Å². The molecule has 0 saturated heterocycles. The van der Waals surface area contributed by atoms with E-state index in [1.165, 1.54) is 11.0 Å². The van der Waals surface area contributed by atoms with Crippen LogP contribution < -0.4 is 10.1 Å². The number of ether oxygens (including phenoxy) is 1. The fourth-order valence-corrected chi connectivity index (χ4v) is 4.29. The SMILES string of the molecule is C[C@@H]1CN([C@@H](C)CO)C(=O)c2cc(NC(=O)Cn3cnnn3)ccc2O[C@@H]1CN(C)Cc1ccncc1. The van der Waals surface area contributed by atoms with E-state index < -0.39 is 0 Å². The van der Waals surface area contributed by atoms with Crippen LogP contribution in [0.15, 0.2) is 49.1 Å². The van der Waals surface area contributed by atoms with Crippen LogP contribution in [0.1, 0.15) is 29.8 Å². The second-order valence-electron chi connectivity index (χ2n) is 9.44. The van der Waals surface area contributed by atoms with Gasteiger partial charge in [-0.1, -0.05) is 6.92 Å². The maximum absolute atomic E-state index is 13.6. The number of benzene rings is 1. The van der Waals surface area contributed by atoms with Crippen LogP contribution >= 0.6 is 0 Å². The number of amides is 2. The summed E-state index contributed by atoms with van der Waals surface area (Å²) in [6.45, 7) is 5.41. The third kappa shape index (κ3) is 6.66. The molecule has 37 heavy (non-hydrogen) atoms. The third-order valence-electron chi connectivity index (χ3n) is 6.34. The average molecular weight is 509 g/mol. The highest BCUT2D eigenvalue weighted by Gasteiger charge is 2.33. The topological polar surface area (TPSA) is 139 Å². The molecule has 0 bridgehead atoms. The number of hydrogen-bond donors (Lipinski definition) is 2. The van der Waals surface area contributed by atoms with Crippen LogP contribution in [0.2, 0.25) is 0 Å². The standard InChI is InChI=1S/C25H32N8O4/c1-17-11-33(18(2)15-34)25(36)21-10-20(28-24(35)14-32-16-27-29-30-32)4-5-22(21)37-23(17)13-31(3)12-19-6-8-26-9-7-19/h4-10,16-18,23,34H,11-15H2,1-3H3,(H,28,35)/t17-,18+,23-/m1/s1. The number of aromatic nitrogens is 5. The van der Waals surface area contributed by atoms with Gasteiger partial charge in [0.1, 0.15) is 24.7 Å². The smallest absolute Gasteiger partial charge is 0.258 e. The number of carbonyl (C=O) groups is 2. The molecule has 1 aliphatic rings. The van der Waals surface area contributed by atoms with Gasteiger partial charge in [-0.25, -0.2) is 4.68 Å². The number of carbonyl (C=O) groups excluding carboxylic acids is 2. The average Bonchev–Trinajstić information content (AvgIpc) is 3.39. The number of anilines is 1. The lowest BCUT2D eigenvalue weighted by Crippen LogP contribution is -2.49. The van der Waals surface area contributed by atoms with Crippen molar-refractivity contribution in [1.82, 2.24) is 35.0 Å². The van der Waals surface area contributed by atoms with E-state index in [9.17, 15) is 14.7 Å². The molecule has 4 rings (SSSR count). The van der Waals surface area contributed by atoms with Crippen LogP contribution in [0.4, 0.5) is 5.69 Å². The van der Waals surface area contributed by atoms with E-state index in [-0.39, 0.29) is 43.0 Å². The predicted molar refractivity (Wildman–Crippen MR) is 135 cm³/mol. The molecule has 1 aliphatic heterocycles. The van der Waals surface area contributed by atoms with Gasteiger partial charge in [0, 0.05) is 43.6 Å². The zero-order chi connectivity index (χ0) is 26.4. The molecule has 0 fully saturated rings. The molecule has 0 unspecified atom stereocenters. The van der Waals surface area contributed by atoms with E-state index in [1.807, 2.05) is 33.0 Å². The van der Waals surface area contributed by atoms with Crippen LogP contribution in [0, 0.1) is 5.92 Å². The summed E-state index contributed by atoms with van der Waals surface area (Å²) in [6.07, 6.45) is 4.67. The van der Waals surface area contributed by atoms with Crippen molar-refractivity contribution < 1.29 is 19.4 Å². The molecular formula is C25H32N8O4. The fourth-order valence-electron chi connectivity index (χ4n) is 4.29. The first-order chi connectivity index (χ1) is 17.8. The lowest BCUT2D eigenvalue weighted by molar-refractivity contribution is -0.116. The summed E-state index contributed by atoms with van der Waals surface area (Å²) >= 11 is 0. The van der Waals surface area contributed by atoms with Crippen molar-refractivity contribution in [3.63, 3.8) is 0 Å². The van der Waals surface area contributed by atoms with Crippen LogP contribution in [0.25, 0.3) is 0 Å². The summed E-state index contributed by atoms with van der Waals surface area (Å²) in [5, 5.41) is 23.4. The first-order valence-electron chi connectivity index (χ1n) is 12.1. The van der Waals surface area contributed by atoms with Gasteiger partial charge in [-0.2, -0.15) is 0 Å². The van der Waals surface area contributed by atoms with Gasteiger partial charge in [0.05, 0.1) is 18.2 Å². The number of rotatable bonds is 9. The van der Waals surface area contributed by atoms with Crippen molar-refractivity contribution >= 4 is 17.5 Å². The summed E-state index contributed by atoms with van der Waals surface area (Å²) in [4.78, 5) is 33.9. The highest BCUT2D eigenvalue weighted by molar-refractivity contribution is 5.99. The van der Waals surface area contributed by atoms with Gasteiger partial charge in [0.25, 0.3) is 5.91 Å². The summed E-state index contributed by atoms with van der Waals surface area (Å²) in [5.74, 6) is -0.158. The Bertz CT molecular complexity index is 1190. The first-order valence-corrected chi connectivity index (χ1v) is 12.1. The minimum atomic E-state index is -0.380. The Labute approximate surface area is 215 Å². The molecule has 0 aliphatic carbocycles. The van der Waals surface area contributed by atoms with E-state index in [1.54, 1.807) is 35.5 Å². The van der Waals surface area contributed by atoms with Gasteiger partial charge in [-0.05, 0) is 60.3 Å². The molecular weight excluding hydrogens is 476 g/mol. The highest BCUT2D eigenvalue weighted by atomic mass is 16.5. The lowest BCUT2D eigenvalue weighted by atomic mass is 9.99. The molecule has 0 spiro atoms. The molecule has 1 aromatic carbocycles. The number of aliphatic hydroxyl groups excluding tert-OH is 1. The first kappa shape index (κ1) is 26.2. The van der Waals surface area contributed by atoms with Crippen molar-refractivity contribution in [2.45, 2.75) is 39.1 Å². The van der Waals surface area contributed by atoms with Crippen LogP contribution in [-0.4, -0.2) is 90.8 Å². The monoisotopic (exact) mass is 508 g/mol. The lowest BCUT2D eigenvalue weighted by Gasteiger charge is -2.38. The molecule has 3 atom stereocenters. The maximum atomic E-state index is 13.6. The normalized spacial score (nSPS) is 18.5. The van der Waals surface area contributed by atoms with Crippen molar-refractivity contribution in [1.29, 1.82) is 0 Å². The largest absolute Gasteiger partial charge is 0.488 e. The van der Waals surface area contributed by atoms with Gasteiger partial charge in [-0.15, -0.1) is 5.10 Å². The molecule has 3 heterocycles. The van der Waals surface area contributed by atoms with E-state index in [0.29, 0.717) is 30.1 Å². The molecule has 2 aromatic heterocycles. The zero-order valence-electron chi connectivity index (χ0n) is 21.2. The van der Waals surface area contributed by atoms with E-state index in [0.717, 1.165) is 12.1 Å². The summed E-state index contributed by atoms with van der Waals surface area (Å²) < 4.78 is 7.73. The quantitative estimate of drug-likeness (QED) is 0.434. The third-order valence-corrected chi connectivity index (χ3v) is 6.34. The van der Waals surface area contributed by atoms with Crippen molar-refractivity contribution in [2.75, 3.05) is 32.1 Å². The summed E-state index contributed by atoms with van der Waals surface area (Å²) in [5.41, 5.74) is 1.92. The summed E-state index contributed by atoms with van der Waals surface area (Å²) in [6, 6.07) is 8.59. The van der Waals surface area contributed by atoms with Gasteiger partial charge < -0.3 is 20.1 Å². The number of nitrogens with one attached hydrogen (secondary N) is 1. The van der Waals surface area contributed by atoms with Gasteiger partial charge in [-0.3, -0.25) is 19.5 Å². The fraction of sp³-hybridized carbons (Fsp3) is 0.440. The highest BCUT2D eigenvalue weighted by Crippen LogP contribution is 2.30. The van der Waals surface area contributed by atoms with Crippen molar-refractivity contribution in [2.24, 2.45) is 5.92 Å². The predicted octanol–water partition coefficient (Wildman–Crippen LogP) is 1.06. The zero-order valence-corrected chi connectivity index (χ0v) is 21.2. The minimum Gasteiger partial charge on any atom is -0.488 e. The Morgan fingerprint density at radius 1 is 1.30 bits per heavy atom. The molecule has 196 valence electrons. The number of hydrogen-bond acceptors (Lipinski definition) is 9. The van der Waals surface area contributed by atoms with E-state index in [4.69, 9.17) is 4.74 Å². The van der Waals surface area contributed by atoms with Crippen molar-refractivity contribution in [3.8, 4) is 5.75 Å². The Balaban J connectivity index is 1.57. The van der Waals surface area contributed by atoms with Crippen LogP contribution in [0.5, 0.6) is 5.75 Å². The molecule has 12 nitrogen and oxygen atoms in total. The number of nitrogens with zero attached hydrogens (tertiary/aromatic N) is 7. The van der Waals surface area contributed by atoms with Crippen molar-refractivity contribution in [3.05, 3.63) is 60.2 Å². The Hall–Kier alpha value is -3.90. The maximum Gasteiger partial charge on any atom is 0.258 e. The van der Waals surface area contributed by atoms with E-state index >= 15 is 0 Å². The molecule has 0 radical (unpaired) electrons. The molecule has 3 aromatic rings. The molecule has 2 N–H and O–H groups in total. The van der Waals surface area contributed by atoms with Gasteiger partial charge in [0.2, 0.25) is 5.91 Å². The molecule has 2 amide bonds. The van der Waals surface area contributed by atoms with E-state index in [2.05, 4.69) is 30.7 Å². The number of fused-ring (bicyclic) bond motifs is 1. The second kappa shape index (κ2) is 11.9. The van der Waals surface area contributed by atoms with Crippen LogP contribution in [0.3, 0.4) is 0 Å². The molecule has 12 heteroatoms. The van der Waals surface area contributed by atoms with Crippen LogP contribution in [-0.2, 0) is 17.9 Å². The summed E-state index contributed by atoms with van der Waals surface area (Å²) in [7, 11) is 2.03. The Kier molecular flexibility index (Phi) is 8.41.